The van der Waals surface area contributed by atoms with Crippen LogP contribution in [0.3, 0.4) is 0 Å². The summed E-state index contributed by atoms with van der Waals surface area (Å²) in [6, 6.07) is 21.5. The van der Waals surface area contributed by atoms with E-state index in [4.69, 9.17) is 0 Å². The number of carbonyl (C=O) groups excluding carboxylic acids is 2. The molecule has 31 heavy (non-hydrogen) atoms. The zero-order valence-electron chi connectivity index (χ0n) is 17.5. The zero-order valence-corrected chi connectivity index (χ0v) is 18.3. The van der Waals surface area contributed by atoms with Crippen molar-refractivity contribution in [2.75, 3.05) is 5.32 Å². The Balaban J connectivity index is 1.69. The maximum Gasteiger partial charge on any atom is 0.251 e. The first-order valence-corrected chi connectivity index (χ1v) is 10.9. The minimum Gasteiger partial charge on any atom is -0.350 e. The van der Waals surface area contributed by atoms with Gasteiger partial charge in [-0.3, -0.25) is 9.59 Å². The van der Waals surface area contributed by atoms with E-state index in [1.54, 1.807) is 30.3 Å². The third-order valence-electron chi connectivity index (χ3n) is 4.68. The largest absolute Gasteiger partial charge is 0.350 e. The van der Waals surface area contributed by atoms with Crippen LogP contribution in [-0.4, -0.2) is 17.9 Å². The number of anilines is 1. The predicted molar refractivity (Wildman–Crippen MR) is 123 cm³/mol. The third-order valence-corrected chi connectivity index (χ3v) is 5.76. The molecule has 0 saturated carbocycles. The summed E-state index contributed by atoms with van der Waals surface area (Å²) in [6.07, 6.45) is 1.71. The minimum absolute atomic E-state index is 0.00480. The average Bonchev–Trinajstić information content (AvgIpc) is 2.75. The van der Waals surface area contributed by atoms with E-state index in [-0.39, 0.29) is 23.7 Å². The van der Waals surface area contributed by atoms with Gasteiger partial charge in [-0.05, 0) is 67.8 Å². The molecule has 0 fully saturated rings. The molecule has 0 aliphatic carbocycles. The lowest BCUT2D eigenvalue weighted by atomic mass is 10.1. The fraction of sp³-hybridized carbons (Fsp3) is 0.200. The van der Waals surface area contributed by atoms with Crippen molar-refractivity contribution in [3.63, 3.8) is 0 Å². The van der Waals surface area contributed by atoms with E-state index < -0.39 is 0 Å². The minimum atomic E-state index is -0.306. The van der Waals surface area contributed by atoms with Gasteiger partial charge in [-0.2, -0.15) is 0 Å². The molecule has 3 aromatic rings. The van der Waals surface area contributed by atoms with Gasteiger partial charge in [-0.1, -0.05) is 42.1 Å². The Hall–Kier alpha value is -3.12. The van der Waals surface area contributed by atoms with Gasteiger partial charge in [-0.15, -0.1) is 0 Å². The number of benzene rings is 3. The van der Waals surface area contributed by atoms with Crippen LogP contribution in [0.2, 0.25) is 0 Å². The normalized spacial score (nSPS) is 11.6. The molecule has 0 aliphatic heterocycles. The number of hydrogen-bond acceptors (Lipinski definition) is 3. The highest BCUT2D eigenvalue weighted by Gasteiger charge is 2.14. The quantitative estimate of drug-likeness (QED) is 0.477. The standard InChI is InChI=1S/C25H25FN2O2S/c1-17(8-9-19-6-4-3-5-7-19)27-25(30)20-10-15-24(23(16-20)28-18(2)29)31-22-13-11-21(26)12-14-22/h3-7,10-17H,8-9H2,1-2H3,(H,27,30)(H,28,29)/t17-/m1/s1. The highest BCUT2D eigenvalue weighted by Crippen LogP contribution is 2.34. The van der Waals surface area contributed by atoms with Crippen molar-refractivity contribution in [1.82, 2.24) is 5.32 Å². The van der Waals surface area contributed by atoms with Crippen LogP contribution in [0, 0.1) is 5.82 Å². The SMILES string of the molecule is CC(=O)Nc1cc(C(=O)N[C@H](C)CCc2ccccc2)ccc1Sc1ccc(F)cc1. The van der Waals surface area contributed by atoms with Gasteiger partial charge in [0.15, 0.2) is 0 Å². The third kappa shape index (κ3) is 6.96. The molecule has 1 atom stereocenters. The van der Waals surface area contributed by atoms with Gasteiger partial charge in [0.05, 0.1) is 5.69 Å². The Morgan fingerprint density at radius 1 is 1.00 bits per heavy atom. The van der Waals surface area contributed by atoms with Gasteiger partial charge in [0.2, 0.25) is 5.91 Å². The van der Waals surface area contributed by atoms with Crippen molar-refractivity contribution in [3.8, 4) is 0 Å². The lowest BCUT2D eigenvalue weighted by molar-refractivity contribution is -0.114. The number of amides is 2. The van der Waals surface area contributed by atoms with Gasteiger partial charge >= 0.3 is 0 Å². The molecule has 0 radical (unpaired) electrons. The van der Waals surface area contributed by atoms with E-state index >= 15 is 0 Å². The van der Waals surface area contributed by atoms with Crippen LogP contribution in [-0.2, 0) is 11.2 Å². The fourth-order valence-electron chi connectivity index (χ4n) is 3.08. The maximum absolute atomic E-state index is 13.2. The van der Waals surface area contributed by atoms with Crippen molar-refractivity contribution in [2.45, 2.75) is 42.5 Å². The average molecular weight is 437 g/mol. The number of halogens is 1. The lowest BCUT2D eigenvalue weighted by Crippen LogP contribution is -2.33. The maximum atomic E-state index is 13.2. The van der Waals surface area contributed by atoms with Crippen molar-refractivity contribution in [2.24, 2.45) is 0 Å². The Kier molecular flexibility index (Phi) is 7.84. The second kappa shape index (κ2) is 10.8. The number of hydrogen-bond donors (Lipinski definition) is 2. The Morgan fingerprint density at radius 2 is 1.71 bits per heavy atom. The first kappa shape index (κ1) is 22.6. The van der Waals surface area contributed by atoms with Crippen LogP contribution >= 0.6 is 11.8 Å². The van der Waals surface area contributed by atoms with Crippen LogP contribution in [0.5, 0.6) is 0 Å². The molecule has 0 spiro atoms. The highest BCUT2D eigenvalue weighted by atomic mass is 32.2. The Labute approximate surface area is 186 Å². The molecule has 4 nitrogen and oxygen atoms in total. The first-order valence-electron chi connectivity index (χ1n) is 10.1. The highest BCUT2D eigenvalue weighted by molar-refractivity contribution is 7.99. The van der Waals surface area contributed by atoms with Crippen molar-refractivity contribution in [3.05, 3.63) is 89.7 Å². The van der Waals surface area contributed by atoms with Crippen molar-refractivity contribution >= 4 is 29.3 Å². The predicted octanol–water partition coefficient (Wildman–Crippen LogP) is 5.69. The molecular formula is C25H25FN2O2S. The van der Waals surface area contributed by atoms with Crippen molar-refractivity contribution in [1.29, 1.82) is 0 Å². The molecule has 0 aromatic heterocycles. The van der Waals surface area contributed by atoms with E-state index in [9.17, 15) is 14.0 Å². The Bertz CT molecular complexity index is 1040. The molecule has 0 unspecified atom stereocenters. The van der Waals surface area contributed by atoms with Crippen LogP contribution in [0.25, 0.3) is 0 Å². The smallest absolute Gasteiger partial charge is 0.251 e. The van der Waals surface area contributed by atoms with E-state index in [2.05, 4.69) is 22.8 Å². The van der Waals surface area contributed by atoms with Crippen molar-refractivity contribution < 1.29 is 14.0 Å². The number of nitrogens with one attached hydrogen (secondary N) is 2. The molecule has 2 amide bonds. The lowest BCUT2D eigenvalue weighted by Gasteiger charge is -2.16. The number of rotatable bonds is 8. The molecule has 0 aliphatic rings. The summed E-state index contributed by atoms with van der Waals surface area (Å²) in [5.41, 5.74) is 2.25. The van der Waals surface area contributed by atoms with Gasteiger partial charge in [0, 0.05) is 28.3 Å². The molecule has 3 rings (SSSR count). The van der Waals surface area contributed by atoms with E-state index in [0.29, 0.717) is 11.3 Å². The van der Waals surface area contributed by atoms with Gasteiger partial charge < -0.3 is 10.6 Å². The summed E-state index contributed by atoms with van der Waals surface area (Å²) in [6.45, 7) is 3.40. The summed E-state index contributed by atoms with van der Waals surface area (Å²) in [4.78, 5) is 26.0. The molecule has 0 heterocycles. The zero-order chi connectivity index (χ0) is 22.2. The molecule has 160 valence electrons. The molecule has 6 heteroatoms. The molecule has 0 saturated heterocycles. The van der Waals surface area contributed by atoms with E-state index in [1.165, 1.54) is 36.4 Å². The van der Waals surface area contributed by atoms with Crippen LogP contribution in [0.1, 0.15) is 36.2 Å². The second-order valence-electron chi connectivity index (χ2n) is 7.35. The summed E-state index contributed by atoms with van der Waals surface area (Å²) in [5.74, 6) is -0.722. The number of aryl methyl sites for hydroxylation is 1. The summed E-state index contributed by atoms with van der Waals surface area (Å²) in [5, 5.41) is 5.81. The van der Waals surface area contributed by atoms with Gasteiger partial charge in [0.1, 0.15) is 5.82 Å². The molecule has 3 aromatic carbocycles. The monoisotopic (exact) mass is 436 g/mol. The van der Waals surface area contributed by atoms with Crippen LogP contribution < -0.4 is 10.6 Å². The van der Waals surface area contributed by atoms with Gasteiger partial charge in [-0.25, -0.2) is 4.39 Å². The first-order chi connectivity index (χ1) is 14.9. The summed E-state index contributed by atoms with van der Waals surface area (Å²) >= 11 is 1.39. The van der Waals surface area contributed by atoms with Crippen LogP contribution in [0.15, 0.2) is 82.6 Å². The Morgan fingerprint density at radius 3 is 2.39 bits per heavy atom. The van der Waals surface area contributed by atoms with E-state index in [1.807, 2.05) is 25.1 Å². The molecule has 0 bridgehead atoms. The summed E-state index contributed by atoms with van der Waals surface area (Å²) in [7, 11) is 0. The number of carbonyl (C=O) groups is 2. The second-order valence-corrected chi connectivity index (χ2v) is 8.46. The van der Waals surface area contributed by atoms with E-state index in [0.717, 1.165) is 22.6 Å². The topological polar surface area (TPSA) is 58.2 Å². The van der Waals surface area contributed by atoms with Crippen LogP contribution in [0.4, 0.5) is 10.1 Å². The van der Waals surface area contributed by atoms with Gasteiger partial charge in [0.25, 0.3) is 5.91 Å². The molecule has 2 N–H and O–H groups in total. The fourth-order valence-corrected chi connectivity index (χ4v) is 3.97. The summed E-state index contributed by atoms with van der Waals surface area (Å²) < 4.78 is 13.2. The molecular weight excluding hydrogens is 411 g/mol.